The van der Waals surface area contributed by atoms with E-state index >= 15 is 0 Å². The van der Waals surface area contributed by atoms with Crippen LogP contribution >= 0.6 is 39.1 Å². The third-order valence-corrected chi connectivity index (χ3v) is 13.0. The summed E-state index contributed by atoms with van der Waals surface area (Å²) < 4.78 is 13.0. The molecule has 2 nitrogen and oxygen atoms in total. The van der Waals surface area contributed by atoms with Crippen molar-refractivity contribution in [2.24, 2.45) is 0 Å². The van der Waals surface area contributed by atoms with Crippen LogP contribution in [-0.4, -0.2) is 15.4 Å². The highest BCUT2D eigenvalue weighted by atomic mass is 79.9. The van der Waals surface area contributed by atoms with Crippen LogP contribution in [0.4, 0.5) is 0 Å². The summed E-state index contributed by atoms with van der Waals surface area (Å²) in [5, 5.41) is 1.28. The molecular weight excluding hydrogens is 487 g/mol. The van der Waals surface area contributed by atoms with Crippen molar-refractivity contribution >= 4 is 47.4 Å². The minimum atomic E-state index is -2.06. The van der Waals surface area contributed by atoms with E-state index < -0.39 is 8.32 Å². The maximum absolute atomic E-state index is 6.75. The van der Waals surface area contributed by atoms with Crippen LogP contribution in [0, 0.1) is 0 Å². The molecule has 2 aromatic rings. The second-order valence-corrected chi connectivity index (χ2v) is 15.5. The van der Waals surface area contributed by atoms with E-state index in [1.165, 1.54) is 0 Å². The van der Waals surface area contributed by atoms with Crippen molar-refractivity contribution in [1.29, 1.82) is 0 Å². The zero-order chi connectivity index (χ0) is 21.9. The van der Waals surface area contributed by atoms with E-state index in [0.717, 1.165) is 27.1 Å². The maximum Gasteiger partial charge on any atom is 0.258 e. The minimum Gasteiger partial charge on any atom is -0.543 e. The summed E-state index contributed by atoms with van der Waals surface area (Å²) >= 11 is 16.9. The Balaban J connectivity index is 2.37. The largest absolute Gasteiger partial charge is 0.543 e. The van der Waals surface area contributed by atoms with Gasteiger partial charge in [0.1, 0.15) is 11.5 Å². The molecule has 2 aromatic carbocycles. The Morgan fingerprint density at radius 2 is 1.41 bits per heavy atom. The van der Waals surface area contributed by atoms with Gasteiger partial charge in [-0.25, -0.2) is 0 Å². The van der Waals surface area contributed by atoms with Crippen molar-refractivity contribution in [1.82, 2.24) is 0 Å². The lowest BCUT2D eigenvalue weighted by molar-refractivity contribution is 0.412. The molecule has 0 amide bonds. The van der Waals surface area contributed by atoms with Gasteiger partial charge in [0.25, 0.3) is 8.32 Å². The van der Waals surface area contributed by atoms with Crippen LogP contribution in [0.5, 0.6) is 11.5 Å². The minimum absolute atomic E-state index is 0.483. The zero-order valence-corrected chi connectivity index (χ0v) is 22.4. The van der Waals surface area contributed by atoms with E-state index in [2.05, 4.69) is 57.5 Å². The van der Waals surface area contributed by atoms with Crippen LogP contribution < -0.4 is 9.16 Å². The van der Waals surface area contributed by atoms with E-state index in [0.29, 0.717) is 33.1 Å². The standard InChI is InChI=1S/C23H31BrCl2O2Si/c1-14(2)29(15(3)4,16(5)6)28-18-12-21(25)19(22(26)13-18)10-17-8-9-23(27-7)20(24)11-17/h8-9,11-16H,10H2,1-7H3. The molecule has 0 heterocycles. The van der Waals surface area contributed by atoms with Gasteiger partial charge in [0.2, 0.25) is 0 Å². The van der Waals surface area contributed by atoms with E-state index in [-0.39, 0.29) is 0 Å². The average molecular weight is 518 g/mol. The SMILES string of the molecule is COc1ccc(Cc2c(Cl)cc(O[Si](C(C)C)(C(C)C)C(C)C)cc2Cl)cc1Br. The third-order valence-electron chi connectivity index (χ3n) is 5.71. The fourth-order valence-corrected chi connectivity index (χ4v) is 10.8. The number of methoxy groups -OCH3 is 1. The van der Waals surface area contributed by atoms with Crippen LogP contribution in [0.2, 0.25) is 26.7 Å². The van der Waals surface area contributed by atoms with Gasteiger partial charge in [-0.05, 0) is 67.9 Å². The summed E-state index contributed by atoms with van der Waals surface area (Å²) in [6.45, 7) is 13.6. The number of benzene rings is 2. The number of hydrogen-bond acceptors (Lipinski definition) is 2. The second kappa shape index (κ2) is 10.1. The van der Waals surface area contributed by atoms with Crippen molar-refractivity contribution in [3.8, 4) is 11.5 Å². The molecule has 2 rings (SSSR count). The lowest BCUT2D eigenvalue weighted by Gasteiger charge is -2.42. The zero-order valence-electron chi connectivity index (χ0n) is 18.3. The van der Waals surface area contributed by atoms with E-state index in [9.17, 15) is 0 Å². The summed E-state index contributed by atoms with van der Waals surface area (Å²) in [7, 11) is -0.407. The summed E-state index contributed by atoms with van der Waals surface area (Å²) in [5.74, 6) is 1.58. The summed E-state index contributed by atoms with van der Waals surface area (Å²) in [5.41, 5.74) is 3.46. The van der Waals surface area contributed by atoms with Gasteiger partial charge < -0.3 is 9.16 Å². The quantitative estimate of drug-likeness (QED) is 0.325. The fraction of sp³-hybridized carbons (Fsp3) is 0.478. The number of hydrogen-bond donors (Lipinski definition) is 0. The Morgan fingerprint density at radius 3 is 1.83 bits per heavy atom. The second-order valence-electron chi connectivity index (χ2n) is 8.43. The molecule has 0 atom stereocenters. The molecule has 0 aliphatic rings. The van der Waals surface area contributed by atoms with E-state index in [1.54, 1.807) is 7.11 Å². The van der Waals surface area contributed by atoms with Gasteiger partial charge in [-0.1, -0.05) is 70.8 Å². The number of ether oxygens (including phenoxy) is 1. The Labute approximate surface area is 195 Å². The van der Waals surface area contributed by atoms with Crippen molar-refractivity contribution < 1.29 is 9.16 Å². The van der Waals surface area contributed by atoms with Crippen molar-refractivity contribution in [3.05, 3.63) is 56.0 Å². The van der Waals surface area contributed by atoms with E-state index in [1.807, 2.05) is 30.3 Å². The van der Waals surface area contributed by atoms with Gasteiger partial charge in [0, 0.05) is 16.5 Å². The molecule has 0 aliphatic heterocycles. The average Bonchev–Trinajstić information content (AvgIpc) is 2.62. The van der Waals surface area contributed by atoms with Crippen molar-refractivity contribution in [2.75, 3.05) is 7.11 Å². The maximum atomic E-state index is 6.75. The molecule has 29 heavy (non-hydrogen) atoms. The molecule has 160 valence electrons. The summed E-state index contributed by atoms with van der Waals surface area (Å²) in [4.78, 5) is 0. The first-order chi connectivity index (χ1) is 13.5. The highest BCUT2D eigenvalue weighted by molar-refractivity contribution is 9.10. The lowest BCUT2D eigenvalue weighted by Crippen LogP contribution is -2.50. The third kappa shape index (κ3) is 5.33. The number of rotatable bonds is 8. The van der Waals surface area contributed by atoms with Gasteiger partial charge >= 0.3 is 0 Å². The van der Waals surface area contributed by atoms with Crippen LogP contribution in [-0.2, 0) is 6.42 Å². The highest BCUT2D eigenvalue weighted by Gasteiger charge is 2.47. The van der Waals surface area contributed by atoms with Crippen LogP contribution in [0.1, 0.15) is 52.7 Å². The van der Waals surface area contributed by atoms with Crippen molar-refractivity contribution in [3.63, 3.8) is 0 Å². The summed E-state index contributed by atoms with van der Waals surface area (Å²) in [6, 6.07) is 9.85. The molecule has 6 heteroatoms. The Kier molecular flexibility index (Phi) is 8.55. The first kappa shape index (κ1) is 24.6. The summed E-state index contributed by atoms with van der Waals surface area (Å²) in [6.07, 6.45) is 0.641. The molecule has 0 spiro atoms. The van der Waals surface area contributed by atoms with Gasteiger partial charge in [0.15, 0.2) is 0 Å². The molecule has 0 aromatic heterocycles. The van der Waals surface area contributed by atoms with Crippen LogP contribution in [0.25, 0.3) is 0 Å². The molecule has 0 unspecified atom stereocenters. The molecular formula is C23H31BrCl2O2Si. The molecule has 0 bridgehead atoms. The predicted octanol–water partition coefficient (Wildman–Crippen LogP) is 8.91. The van der Waals surface area contributed by atoms with E-state index in [4.69, 9.17) is 32.4 Å². The molecule has 0 saturated heterocycles. The first-order valence-corrected chi connectivity index (χ1v) is 13.7. The molecule has 0 fully saturated rings. The first-order valence-electron chi connectivity index (χ1n) is 10.0. The topological polar surface area (TPSA) is 18.5 Å². The van der Waals surface area contributed by atoms with Gasteiger partial charge in [-0.15, -0.1) is 0 Å². The Hall–Kier alpha value is -0.683. The van der Waals surface area contributed by atoms with Gasteiger partial charge in [-0.2, -0.15) is 0 Å². The smallest absolute Gasteiger partial charge is 0.258 e. The van der Waals surface area contributed by atoms with Crippen molar-refractivity contribution in [2.45, 2.75) is 64.6 Å². The fourth-order valence-electron chi connectivity index (χ4n) is 4.39. The molecule has 0 saturated carbocycles. The van der Waals surface area contributed by atoms with Crippen LogP contribution in [0.3, 0.4) is 0 Å². The molecule has 0 radical (unpaired) electrons. The highest BCUT2D eigenvalue weighted by Crippen LogP contribution is 2.44. The van der Waals surface area contributed by atoms with Gasteiger partial charge in [-0.3, -0.25) is 0 Å². The van der Waals surface area contributed by atoms with Gasteiger partial charge in [0.05, 0.1) is 11.6 Å². The normalized spacial score (nSPS) is 12.2. The predicted molar refractivity (Wildman–Crippen MR) is 132 cm³/mol. The lowest BCUT2D eigenvalue weighted by atomic mass is 10.0. The molecule has 0 N–H and O–H groups in total. The Bertz CT molecular complexity index is 808. The molecule has 0 aliphatic carbocycles. The number of halogens is 3. The van der Waals surface area contributed by atoms with Crippen LogP contribution in [0.15, 0.2) is 34.8 Å². The monoisotopic (exact) mass is 516 g/mol. The Morgan fingerprint density at radius 1 is 0.897 bits per heavy atom.